The van der Waals surface area contributed by atoms with Gasteiger partial charge in [0.25, 0.3) is 0 Å². The van der Waals surface area contributed by atoms with Crippen LogP contribution in [0, 0.1) is 5.82 Å². The molecule has 2 heterocycles. The minimum absolute atomic E-state index is 0.0668. The van der Waals surface area contributed by atoms with E-state index in [4.69, 9.17) is 4.42 Å². The predicted molar refractivity (Wildman–Crippen MR) is 132 cm³/mol. The van der Waals surface area contributed by atoms with E-state index in [0.29, 0.717) is 28.1 Å². The second kappa shape index (κ2) is 9.33. The first kappa shape index (κ1) is 25.5. The standard InChI is InChI=1S/C25H19F4N5O3S/c1-34-13-30-33-23(34)19-11-17(26)6-7-18(19)15-4-3-5-16(10-15)24-32-21-9-14(12-31-38(2,35)36)8-20(22(21)37-24)25(27,28)29/h3-11,13,31H,12H2,1-2H3. The van der Waals surface area contributed by atoms with Crippen LogP contribution in [0.4, 0.5) is 17.6 Å². The van der Waals surface area contributed by atoms with E-state index in [0.717, 1.165) is 12.3 Å². The summed E-state index contributed by atoms with van der Waals surface area (Å²) in [6.45, 7) is -0.342. The number of halogens is 4. The van der Waals surface area contributed by atoms with Gasteiger partial charge in [0, 0.05) is 24.7 Å². The first-order valence-corrected chi connectivity index (χ1v) is 13.0. The number of fused-ring (bicyclic) bond motifs is 1. The maximum atomic E-state index is 14.1. The van der Waals surface area contributed by atoms with Crippen molar-refractivity contribution in [1.29, 1.82) is 0 Å². The molecule has 0 aliphatic carbocycles. The van der Waals surface area contributed by atoms with E-state index in [1.54, 1.807) is 41.9 Å². The highest BCUT2D eigenvalue weighted by Crippen LogP contribution is 2.39. The Hall–Kier alpha value is -4.10. The summed E-state index contributed by atoms with van der Waals surface area (Å²) < 4.78 is 87.9. The SMILES string of the molecule is Cn1cnnc1-c1cc(F)ccc1-c1cccc(-c2nc3cc(CNS(C)(=O)=O)cc(C(F)(F)F)c3o2)c1. The smallest absolute Gasteiger partial charge is 0.420 e. The summed E-state index contributed by atoms with van der Waals surface area (Å²) in [5.41, 5.74) is 0.553. The fourth-order valence-corrected chi connectivity index (χ4v) is 4.47. The molecule has 196 valence electrons. The Morgan fingerprint density at radius 2 is 1.79 bits per heavy atom. The summed E-state index contributed by atoms with van der Waals surface area (Å²) in [4.78, 5) is 4.27. The highest BCUT2D eigenvalue weighted by atomic mass is 32.2. The number of aryl methyl sites for hydroxylation is 1. The first-order valence-electron chi connectivity index (χ1n) is 11.1. The molecular weight excluding hydrogens is 526 g/mol. The second-order valence-corrected chi connectivity index (χ2v) is 10.5. The lowest BCUT2D eigenvalue weighted by atomic mass is 9.97. The van der Waals surface area contributed by atoms with Crippen molar-refractivity contribution in [3.8, 4) is 34.0 Å². The molecule has 0 bridgehead atoms. The van der Waals surface area contributed by atoms with Crippen LogP contribution >= 0.6 is 0 Å². The molecule has 0 spiro atoms. The maximum Gasteiger partial charge on any atom is 0.420 e. The fraction of sp³-hybridized carbons (Fsp3) is 0.160. The van der Waals surface area contributed by atoms with E-state index in [1.165, 1.54) is 24.5 Å². The zero-order chi connectivity index (χ0) is 27.2. The average Bonchev–Trinajstić information content (AvgIpc) is 3.47. The van der Waals surface area contributed by atoms with Crippen LogP contribution in [-0.4, -0.2) is 34.4 Å². The second-order valence-electron chi connectivity index (χ2n) is 8.64. The van der Waals surface area contributed by atoms with Crippen LogP contribution in [0.2, 0.25) is 0 Å². The third-order valence-electron chi connectivity index (χ3n) is 5.75. The van der Waals surface area contributed by atoms with Crippen LogP contribution in [0.5, 0.6) is 0 Å². The fourth-order valence-electron chi connectivity index (χ4n) is 4.04. The van der Waals surface area contributed by atoms with Gasteiger partial charge in [-0.1, -0.05) is 18.2 Å². The Labute approximate surface area is 214 Å². The van der Waals surface area contributed by atoms with Gasteiger partial charge in [0.15, 0.2) is 11.4 Å². The molecule has 2 aromatic heterocycles. The number of oxazole rings is 1. The van der Waals surface area contributed by atoms with E-state index < -0.39 is 33.2 Å². The lowest BCUT2D eigenvalue weighted by Crippen LogP contribution is -2.21. The van der Waals surface area contributed by atoms with E-state index in [-0.39, 0.29) is 23.5 Å². The van der Waals surface area contributed by atoms with E-state index in [2.05, 4.69) is 19.9 Å². The van der Waals surface area contributed by atoms with Crippen molar-refractivity contribution < 1.29 is 30.4 Å². The predicted octanol–water partition coefficient (Wildman–Crippen LogP) is 5.16. The van der Waals surface area contributed by atoms with Crippen LogP contribution in [0.1, 0.15) is 11.1 Å². The third-order valence-corrected chi connectivity index (χ3v) is 6.42. The zero-order valence-electron chi connectivity index (χ0n) is 19.9. The number of benzene rings is 3. The minimum Gasteiger partial charge on any atom is -0.435 e. The number of hydrogen-bond acceptors (Lipinski definition) is 6. The molecule has 1 N–H and O–H groups in total. The maximum absolute atomic E-state index is 14.1. The largest absolute Gasteiger partial charge is 0.435 e. The molecule has 38 heavy (non-hydrogen) atoms. The highest BCUT2D eigenvalue weighted by Gasteiger charge is 2.35. The molecule has 8 nitrogen and oxygen atoms in total. The van der Waals surface area contributed by atoms with Crippen molar-refractivity contribution in [3.05, 3.63) is 77.9 Å². The first-order chi connectivity index (χ1) is 17.9. The van der Waals surface area contributed by atoms with E-state index in [9.17, 15) is 26.0 Å². The van der Waals surface area contributed by atoms with Gasteiger partial charge in [-0.05, 0) is 53.1 Å². The van der Waals surface area contributed by atoms with Crippen molar-refractivity contribution in [3.63, 3.8) is 0 Å². The Balaban J connectivity index is 1.61. The van der Waals surface area contributed by atoms with Crippen molar-refractivity contribution in [2.24, 2.45) is 7.05 Å². The van der Waals surface area contributed by atoms with Crippen LogP contribution in [0.15, 0.2) is 65.3 Å². The monoisotopic (exact) mass is 545 g/mol. The molecule has 5 aromatic rings. The van der Waals surface area contributed by atoms with Crippen molar-refractivity contribution in [2.75, 3.05) is 6.26 Å². The number of rotatable bonds is 6. The van der Waals surface area contributed by atoms with Gasteiger partial charge in [0.05, 0.1) is 6.26 Å². The molecule has 13 heteroatoms. The molecule has 0 aliphatic rings. The van der Waals surface area contributed by atoms with Crippen molar-refractivity contribution in [1.82, 2.24) is 24.5 Å². The van der Waals surface area contributed by atoms with Crippen LogP contribution < -0.4 is 4.72 Å². The molecule has 0 unspecified atom stereocenters. The Morgan fingerprint density at radius 3 is 2.47 bits per heavy atom. The van der Waals surface area contributed by atoms with Gasteiger partial charge in [-0.25, -0.2) is 22.5 Å². The van der Waals surface area contributed by atoms with Crippen molar-refractivity contribution in [2.45, 2.75) is 12.7 Å². The number of hydrogen-bond donors (Lipinski definition) is 1. The average molecular weight is 546 g/mol. The molecule has 0 saturated carbocycles. The Kier molecular flexibility index (Phi) is 6.27. The Bertz CT molecular complexity index is 1780. The zero-order valence-corrected chi connectivity index (χ0v) is 20.7. The molecular formula is C25H19F4N5O3S. The summed E-state index contributed by atoms with van der Waals surface area (Å²) >= 11 is 0. The number of aromatic nitrogens is 4. The summed E-state index contributed by atoms with van der Waals surface area (Å²) in [6.07, 6.45) is -2.37. The number of nitrogens with zero attached hydrogens (tertiary/aromatic N) is 4. The van der Waals surface area contributed by atoms with Gasteiger partial charge in [0.2, 0.25) is 15.9 Å². The lowest BCUT2D eigenvalue weighted by molar-refractivity contribution is -0.136. The molecule has 0 saturated heterocycles. The minimum atomic E-state index is -4.77. The normalized spacial score (nSPS) is 12.4. The quantitative estimate of drug-likeness (QED) is 0.296. The molecule has 0 radical (unpaired) electrons. The van der Waals surface area contributed by atoms with Gasteiger partial charge >= 0.3 is 6.18 Å². The van der Waals surface area contributed by atoms with Gasteiger partial charge in [-0.2, -0.15) is 13.2 Å². The number of alkyl halides is 3. The van der Waals surface area contributed by atoms with Crippen LogP contribution in [0.3, 0.4) is 0 Å². The molecule has 5 rings (SSSR count). The van der Waals surface area contributed by atoms with Crippen LogP contribution in [-0.2, 0) is 29.8 Å². The summed E-state index contributed by atoms with van der Waals surface area (Å²) in [5, 5.41) is 7.91. The van der Waals surface area contributed by atoms with Gasteiger partial charge in [-0.15, -0.1) is 10.2 Å². The topological polar surface area (TPSA) is 103 Å². The third kappa shape index (κ3) is 5.15. The molecule has 0 atom stereocenters. The van der Waals surface area contributed by atoms with E-state index in [1.807, 2.05) is 0 Å². The van der Waals surface area contributed by atoms with E-state index >= 15 is 0 Å². The molecule has 0 aliphatic heterocycles. The van der Waals surface area contributed by atoms with Gasteiger partial charge in [-0.3, -0.25) is 0 Å². The lowest BCUT2D eigenvalue weighted by Gasteiger charge is -2.10. The summed E-state index contributed by atoms with van der Waals surface area (Å²) in [7, 11) is -1.91. The highest BCUT2D eigenvalue weighted by molar-refractivity contribution is 7.88. The molecule has 3 aromatic carbocycles. The summed E-state index contributed by atoms with van der Waals surface area (Å²) in [6, 6.07) is 13.1. The van der Waals surface area contributed by atoms with Crippen molar-refractivity contribution >= 4 is 21.1 Å². The molecule has 0 amide bonds. The van der Waals surface area contributed by atoms with Crippen LogP contribution in [0.25, 0.3) is 45.1 Å². The van der Waals surface area contributed by atoms with Gasteiger partial charge < -0.3 is 8.98 Å². The van der Waals surface area contributed by atoms with Gasteiger partial charge in [0.1, 0.15) is 23.2 Å². The number of sulfonamides is 1. The Morgan fingerprint density at radius 1 is 1.03 bits per heavy atom. The number of nitrogens with one attached hydrogen (secondary N) is 1. The molecule has 0 fully saturated rings. The summed E-state index contributed by atoms with van der Waals surface area (Å²) in [5.74, 6) is -0.109.